The number of hydrogen-bond donors (Lipinski definition) is 0. The number of ether oxygens (including phenoxy) is 1. The van der Waals surface area contributed by atoms with E-state index in [9.17, 15) is 0 Å². The molecule has 17 heavy (non-hydrogen) atoms. The summed E-state index contributed by atoms with van der Waals surface area (Å²) in [6.07, 6.45) is 5.51. The lowest BCUT2D eigenvalue weighted by Gasteiger charge is -2.23. The summed E-state index contributed by atoms with van der Waals surface area (Å²) < 4.78 is 5.93. The van der Waals surface area contributed by atoms with Crippen molar-refractivity contribution in [3.63, 3.8) is 0 Å². The maximum absolute atomic E-state index is 5.27. The van der Waals surface area contributed by atoms with Crippen LogP contribution in [0.25, 0.3) is 0 Å². The zero-order chi connectivity index (χ0) is 12.3. The SMILES string of the molecule is COc1ccc2c(c1)CCN2CC(SC)SC. The highest BCUT2D eigenvalue weighted by molar-refractivity contribution is 8.16. The third kappa shape index (κ3) is 2.86. The normalized spacial score (nSPS) is 14.2. The van der Waals surface area contributed by atoms with Crippen molar-refractivity contribution < 1.29 is 4.74 Å². The predicted molar refractivity (Wildman–Crippen MR) is 79.7 cm³/mol. The Morgan fingerprint density at radius 2 is 2.12 bits per heavy atom. The van der Waals surface area contributed by atoms with Gasteiger partial charge < -0.3 is 9.64 Å². The number of thioether (sulfide) groups is 2. The van der Waals surface area contributed by atoms with Crippen LogP contribution in [0, 0.1) is 0 Å². The maximum atomic E-state index is 5.27. The number of anilines is 1. The summed E-state index contributed by atoms with van der Waals surface area (Å²) in [4.78, 5) is 2.49. The number of nitrogens with zero attached hydrogens (tertiary/aromatic N) is 1. The summed E-state index contributed by atoms with van der Waals surface area (Å²) in [6, 6.07) is 6.42. The smallest absolute Gasteiger partial charge is 0.119 e. The Balaban J connectivity index is 2.11. The van der Waals surface area contributed by atoms with Crippen LogP contribution < -0.4 is 9.64 Å². The molecule has 1 aromatic rings. The number of hydrogen-bond acceptors (Lipinski definition) is 4. The largest absolute Gasteiger partial charge is 0.497 e. The van der Waals surface area contributed by atoms with Gasteiger partial charge in [0.15, 0.2) is 0 Å². The van der Waals surface area contributed by atoms with Crippen LogP contribution in [-0.4, -0.2) is 37.3 Å². The average Bonchev–Trinajstić information content (AvgIpc) is 2.78. The van der Waals surface area contributed by atoms with Gasteiger partial charge in [0.25, 0.3) is 0 Å². The Labute approximate surface area is 112 Å². The van der Waals surface area contributed by atoms with Crippen molar-refractivity contribution in [2.24, 2.45) is 0 Å². The van der Waals surface area contributed by atoms with Crippen molar-refractivity contribution in [3.8, 4) is 5.75 Å². The van der Waals surface area contributed by atoms with E-state index in [0.29, 0.717) is 4.58 Å². The van der Waals surface area contributed by atoms with Gasteiger partial charge in [0.2, 0.25) is 0 Å². The van der Waals surface area contributed by atoms with Gasteiger partial charge in [0.05, 0.1) is 11.7 Å². The highest BCUT2D eigenvalue weighted by Gasteiger charge is 2.21. The van der Waals surface area contributed by atoms with Crippen LogP contribution in [0.4, 0.5) is 5.69 Å². The van der Waals surface area contributed by atoms with E-state index < -0.39 is 0 Å². The molecular weight excluding hydrogens is 250 g/mol. The Morgan fingerprint density at radius 1 is 1.35 bits per heavy atom. The van der Waals surface area contributed by atoms with E-state index in [1.165, 1.54) is 11.3 Å². The monoisotopic (exact) mass is 269 g/mol. The number of fused-ring (bicyclic) bond motifs is 1. The van der Waals surface area contributed by atoms with E-state index in [2.05, 4.69) is 35.6 Å². The van der Waals surface area contributed by atoms with E-state index in [1.54, 1.807) is 7.11 Å². The number of rotatable bonds is 5. The van der Waals surface area contributed by atoms with Gasteiger partial charge in [0.1, 0.15) is 5.75 Å². The minimum Gasteiger partial charge on any atom is -0.497 e. The molecule has 0 spiro atoms. The van der Waals surface area contributed by atoms with E-state index in [0.717, 1.165) is 25.3 Å². The molecule has 0 radical (unpaired) electrons. The highest BCUT2D eigenvalue weighted by Crippen LogP contribution is 2.33. The fraction of sp³-hybridized carbons (Fsp3) is 0.538. The summed E-state index contributed by atoms with van der Waals surface area (Å²) in [5.74, 6) is 0.969. The molecule has 0 aromatic heterocycles. The fourth-order valence-electron chi connectivity index (χ4n) is 2.19. The Kier molecular flexibility index (Phi) is 4.51. The van der Waals surface area contributed by atoms with Crippen LogP contribution >= 0.6 is 23.5 Å². The predicted octanol–water partition coefficient (Wildman–Crippen LogP) is 3.11. The van der Waals surface area contributed by atoms with Gasteiger partial charge in [-0.2, -0.15) is 0 Å². The molecule has 0 atom stereocenters. The second-order valence-electron chi connectivity index (χ2n) is 4.09. The van der Waals surface area contributed by atoms with Crippen molar-refractivity contribution in [2.45, 2.75) is 11.0 Å². The highest BCUT2D eigenvalue weighted by atomic mass is 32.2. The molecule has 0 aliphatic carbocycles. The molecule has 0 saturated heterocycles. The van der Waals surface area contributed by atoms with Crippen molar-refractivity contribution in [2.75, 3.05) is 37.6 Å². The van der Waals surface area contributed by atoms with Crippen molar-refractivity contribution in [3.05, 3.63) is 23.8 Å². The first-order chi connectivity index (χ1) is 8.28. The molecular formula is C13H19NOS2. The molecule has 0 bridgehead atoms. The van der Waals surface area contributed by atoms with Crippen LogP contribution in [0.5, 0.6) is 5.75 Å². The Bertz CT molecular complexity index is 380. The topological polar surface area (TPSA) is 12.5 Å². The second kappa shape index (κ2) is 5.91. The van der Waals surface area contributed by atoms with E-state index in [-0.39, 0.29) is 0 Å². The molecule has 0 N–H and O–H groups in total. The maximum Gasteiger partial charge on any atom is 0.119 e. The van der Waals surface area contributed by atoms with Gasteiger partial charge in [-0.05, 0) is 42.7 Å². The van der Waals surface area contributed by atoms with Crippen LogP contribution in [0.15, 0.2) is 18.2 Å². The van der Waals surface area contributed by atoms with E-state index in [4.69, 9.17) is 4.74 Å². The summed E-state index contributed by atoms with van der Waals surface area (Å²) in [6.45, 7) is 2.27. The second-order valence-corrected chi connectivity index (χ2v) is 6.47. The minimum absolute atomic E-state index is 0.656. The lowest BCUT2D eigenvalue weighted by Crippen LogP contribution is -2.27. The lowest BCUT2D eigenvalue weighted by atomic mass is 10.1. The fourth-order valence-corrected chi connectivity index (χ4v) is 3.62. The first kappa shape index (κ1) is 13.0. The minimum atomic E-state index is 0.656. The molecule has 2 nitrogen and oxygen atoms in total. The van der Waals surface area contributed by atoms with Gasteiger partial charge in [-0.15, -0.1) is 23.5 Å². The molecule has 0 fully saturated rings. The molecule has 1 heterocycles. The zero-order valence-corrected chi connectivity index (χ0v) is 12.2. The third-order valence-corrected chi connectivity index (χ3v) is 5.68. The van der Waals surface area contributed by atoms with Crippen LogP contribution in [0.2, 0.25) is 0 Å². The van der Waals surface area contributed by atoms with Crippen molar-refractivity contribution in [1.29, 1.82) is 0 Å². The van der Waals surface area contributed by atoms with Gasteiger partial charge in [-0.1, -0.05) is 0 Å². The lowest BCUT2D eigenvalue weighted by molar-refractivity contribution is 0.414. The van der Waals surface area contributed by atoms with Crippen molar-refractivity contribution in [1.82, 2.24) is 0 Å². The standard InChI is InChI=1S/C13H19NOS2/c1-15-11-4-5-12-10(8-11)6-7-14(12)9-13(16-2)17-3/h4-5,8,13H,6-7,9H2,1-3H3. The zero-order valence-electron chi connectivity index (χ0n) is 10.6. The molecule has 4 heteroatoms. The van der Waals surface area contributed by atoms with Crippen LogP contribution in [-0.2, 0) is 6.42 Å². The number of benzene rings is 1. The first-order valence-corrected chi connectivity index (χ1v) is 8.33. The van der Waals surface area contributed by atoms with E-state index in [1.807, 2.05) is 23.5 Å². The number of methoxy groups -OCH3 is 1. The molecule has 0 saturated carbocycles. The molecule has 0 unspecified atom stereocenters. The first-order valence-electron chi connectivity index (χ1n) is 5.76. The molecule has 0 amide bonds. The third-order valence-electron chi connectivity index (χ3n) is 3.17. The summed E-state index contributed by atoms with van der Waals surface area (Å²) >= 11 is 3.87. The molecule has 1 aliphatic rings. The molecule has 2 rings (SSSR count). The van der Waals surface area contributed by atoms with Crippen molar-refractivity contribution >= 4 is 29.2 Å². The summed E-state index contributed by atoms with van der Waals surface area (Å²) in [5.41, 5.74) is 2.81. The Hall–Kier alpha value is -0.480. The van der Waals surface area contributed by atoms with Crippen LogP contribution in [0.3, 0.4) is 0 Å². The van der Waals surface area contributed by atoms with Gasteiger partial charge in [-0.3, -0.25) is 0 Å². The van der Waals surface area contributed by atoms with Gasteiger partial charge >= 0.3 is 0 Å². The average molecular weight is 269 g/mol. The molecule has 1 aliphatic heterocycles. The summed E-state index contributed by atoms with van der Waals surface area (Å²) in [5, 5.41) is 0. The van der Waals surface area contributed by atoms with Gasteiger partial charge in [-0.25, -0.2) is 0 Å². The van der Waals surface area contributed by atoms with E-state index >= 15 is 0 Å². The quantitative estimate of drug-likeness (QED) is 0.761. The van der Waals surface area contributed by atoms with Crippen LogP contribution in [0.1, 0.15) is 5.56 Å². The summed E-state index contributed by atoms with van der Waals surface area (Å²) in [7, 11) is 1.73. The molecule has 94 valence electrons. The van der Waals surface area contributed by atoms with Gasteiger partial charge in [0, 0.05) is 18.8 Å². The Morgan fingerprint density at radius 3 is 2.76 bits per heavy atom. The molecule has 1 aromatic carbocycles.